The Morgan fingerprint density at radius 2 is 0.559 bits per heavy atom. The summed E-state index contributed by atoms with van der Waals surface area (Å²) in [4.78, 5) is 0. The summed E-state index contributed by atoms with van der Waals surface area (Å²) in [6, 6.07) is 57.4. The molecule has 0 saturated carbocycles. The standard InChI is InChI=1S/C65H59N3/c1-35(2)40-13-19-59-51(25-40)52-26-41(36(3)4)14-20-60(52)66(59)49-17-11-44-33-63-55(31-47(44)23-49)57-29-46(39(9)10)30-58-56-32-48-24-50(18-12-45(48)34-64(56)68(63)65(57)58)67-61-21-15-42(37(5)6)27-53(61)54-28-43(38(7)8)16-22-62(54)67/h11-39H,1-10H3. The van der Waals surface area contributed by atoms with Crippen molar-refractivity contribution in [2.75, 3.05) is 0 Å². The van der Waals surface area contributed by atoms with Crippen LogP contribution >= 0.6 is 0 Å². The van der Waals surface area contributed by atoms with Gasteiger partial charge in [0.15, 0.2) is 0 Å². The van der Waals surface area contributed by atoms with Gasteiger partial charge in [0.25, 0.3) is 0 Å². The molecule has 0 bridgehead atoms. The zero-order chi connectivity index (χ0) is 46.6. The molecule has 0 aliphatic rings. The molecule has 0 amide bonds. The Hall–Kier alpha value is -7.10. The first kappa shape index (κ1) is 41.1. The van der Waals surface area contributed by atoms with Gasteiger partial charge in [-0.25, -0.2) is 0 Å². The maximum atomic E-state index is 2.57. The second-order valence-electron chi connectivity index (χ2n) is 21.7. The van der Waals surface area contributed by atoms with E-state index >= 15 is 0 Å². The van der Waals surface area contributed by atoms with Gasteiger partial charge in [-0.05, 0) is 188 Å². The van der Waals surface area contributed by atoms with Crippen molar-refractivity contribution in [2.45, 2.75) is 98.8 Å². The van der Waals surface area contributed by atoms with E-state index in [0.717, 1.165) is 0 Å². The fourth-order valence-corrected chi connectivity index (χ4v) is 11.7. The molecule has 0 fully saturated rings. The van der Waals surface area contributed by atoms with Gasteiger partial charge in [0.2, 0.25) is 0 Å². The third-order valence-electron chi connectivity index (χ3n) is 15.8. The SMILES string of the molecule is CC(C)c1ccc2c(c1)c1cc(C(C)C)ccc1n2-c1ccc2cc3c(cc2c1)c1cc(C(C)C)cc2c4cc5cc(-n6c7ccc(C(C)C)cc7c7cc(C(C)C)ccc76)ccc5cc4n3c12. The lowest BCUT2D eigenvalue weighted by Gasteiger charge is -2.12. The van der Waals surface area contributed by atoms with E-state index in [1.54, 1.807) is 0 Å². The molecule has 3 heteroatoms. The molecule has 4 aromatic heterocycles. The smallest absolute Gasteiger partial charge is 0.0620 e. The number of aromatic nitrogens is 3. The predicted molar refractivity (Wildman–Crippen MR) is 295 cm³/mol. The van der Waals surface area contributed by atoms with Gasteiger partial charge >= 0.3 is 0 Å². The van der Waals surface area contributed by atoms with Crippen molar-refractivity contribution in [3.8, 4) is 11.4 Å². The van der Waals surface area contributed by atoms with Gasteiger partial charge in [-0.15, -0.1) is 0 Å². The molecule has 9 aromatic carbocycles. The van der Waals surface area contributed by atoms with Crippen molar-refractivity contribution >= 4 is 103 Å². The fraction of sp³-hybridized carbons (Fsp3) is 0.231. The van der Waals surface area contributed by atoms with Gasteiger partial charge < -0.3 is 13.5 Å². The summed E-state index contributed by atoms with van der Waals surface area (Å²) in [6.45, 7) is 23.0. The van der Waals surface area contributed by atoms with Crippen molar-refractivity contribution in [2.24, 2.45) is 0 Å². The maximum Gasteiger partial charge on any atom is 0.0620 e. The molecule has 13 rings (SSSR count). The number of benzene rings is 9. The molecular formula is C65H59N3. The molecule has 334 valence electrons. The van der Waals surface area contributed by atoms with Crippen LogP contribution in [-0.2, 0) is 0 Å². The van der Waals surface area contributed by atoms with E-state index in [0.29, 0.717) is 29.6 Å². The molecule has 0 N–H and O–H groups in total. The van der Waals surface area contributed by atoms with E-state index in [1.165, 1.54) is 142 Å². The van der Waals surface area contributed by atoms with Crippen molar-refractivity contribution in [1.29, 1.82) is 0 Å². The van der Waals surface area contributed by atoms with Crippen LogP contribution in [0.4, 0.5) is 0 Å². The fourth-order valence-electron chi connectivity index (χ4n) is 11.7. The van der Waals surface area contributed by atoms with E-state index < -0.39 is 0 Å². The zero-order valence-electron chi connectivity index (χ0n) is 41.1. The van der Waals surface area contributed by atoms with Crippen molar-refractivity contribution in [3.05, 3.63) is 173 Å². The van der Waals surface area contributed by atoms with Crippen LogP contribution in [0.1, 0.15) is 127 Å². The number of hydrogen-bond donors (Lipinski definition) is 0. The minimum atomic E-state index is 0.391. The van der Waals surface area contributed by atoms with E-state index in [-0.39, 0.29) is 0 Å². The zero-order valence-corrected chi connectivity index (χ0v) is 41.1. The average Bonchev–Trinajstić information content (AvgIpc) is 4.04. The van der Waals surface area contributed by atoms with Gasteiger partial charge in [0, 0.05) is 54.5 Å². The molecule has 0 atom stereocenters. The molecule has 13 aromatic rings. The minimum Gasteiger partial charge on any atom is -0.309 e. The predicted octanol–water partition coefficient (Wildman–Crippen LogP) is 19.0. The van der Waals surface area contributed by atoms with Gasteiger partial charge in [-0.3, -0.25) is 0 Å². The summed E-state index contributed by atoms with van der Waals surface area (Å²) >= 11 is 0. The second-order valence-corrected chi connectivity index (χ2v) is 21.7. The molecule has 0 radical (unpaired) electrons. The molecular weight excluding hydrogens is 823 g/mol. The maximum absolute atomic E-state index is 2.57. The van der Waals surface area contributed by atoms with E-state index in [9.17, 15) is 0 Å². The highest BCUT2D eigenvalue weighted by atomic mass is 15.0. The Balaban J connectivity index is 1.01. The summed E-state index contributed by atoms with van der Waals surface area (Å²) in [7, 11) is 0. The highest BCUT2D eigenvalue weighted by Gasteiger charge is 2.23. The Morgan fingerprint density at radius 1 is 0.250 bits per heavy atom. The average molecular weight is 882 g/mol. The molecule has 0 spiro atoms. The molecule has 0 unspecified atom stereocenters. The Kier molecular flexibility index (Phi) is 8.89. The summed E-state index contributed by atoms with van der Waals surface area (Å²) in [5.41, 5.74) is 18.2. The lowest BCUT2D eigenvalue weighted by atomic mass is 9.96. The first-order valence-corrected chi connectivity index (χ1v) is 25.1. The molecule has 0 aliphatic heterocycles. The quantitative estimate of drug-likeness (QED) is 0.151. The first-order valence-electron chi connectivity index (χ1n) is 25.1. The topological polar surface area (TPSA) is 14.3 Å². The molecule has 0 saturated heterocycles. The Bertz CT molecular complexity index is 3840. The van der Waals surface area contributed by atoms with E-state index in [2.05, 4.69) is 228 Å². The summed E-state index contributed by atoms with van der Waals surface area (Å²) in [5, 5.41) is 15.6. The van der Waals surface area contributed by atoms with Gasteiger partial charge in [0.05, 0.1) is 38.6 Å². The molecule has 4 heterocycles. The lowest BCUT2D eigenvalue weighted by molar-refractivity contribution is 0.868. The lowest BCUT2D eigenvalue weighted by Crippen LogP contribution is -1.95. The Morgan fingerprint density at radius 3 is 0.882 bits per heavy atom. The van der Waals surface area contributed by atoms with Crippen LogP contribution in [0.3, 0.4) is 0 Å². The first-order chi connectivity index (χ1) is 32.8. The van der Waals surface area contributed by atoms with Gasteiger partial charge in [-0.1, -0.05) is 106 Å². The summed E-state index contributed by atoms with van der Waals surface area (Å²) in [5.74, 6) is 2.25. The van der Waals surface area contributed by atoms with Crippen LogP contribution in [0.25, 0.3) is 115 Å². The van der Waals surface area contributed by atoms with Crippen LogP contribution in [0.5, 0.6) is 0 Å². The molecule has 0 aliphatic carbocycles. The number of nitrogens with zero attached hydrogens (tertiary/aromatic N) is 3. The Labute approximate surface area is 398 Å². The van der Waals surface area contributed by atoms with E-state index in [1.807, 2.05) is 0 Å². The highest BCUT2D eigenvalue weighted by Crippen LogP contribution is 2.45. The third-order valence-corrected chi connectivity index (χ3v) is 15.8. The van der Waals surface area contributed by atoms with Crippen LogP contribution in [0.15, 0.2) is 146 Å². The molecule has 68 heavy (non-hydrogen) atoms. The van der Waals surface area contributed by atoms with Crippen LogP contribution < -0.4 is 0 Å². The third kappa shape index (κ3) is 5.90. The van der Waals surface area contributed by atoms with Crippen LogP contribution in [-0.4, -0.2) is 13.5 Å². The second kappa shape index (κ2) is 14.7. The largest absolute Gasteiger partial charge is 0.309 e. The molecule has 3 nitrogen and oxygen atoms in total. The highest BCUT2D eigenvalue weighted by molar-refractivity contribution is 6.26. The summed E-state index contributed by atoms with van der Waals surface area (Å²) < 4.78 is 7.55. The van der Waals surface area contributed by atoms with Gasteiger partial charge in [-0.2, -0.15) is 0 Å². The number of hydrogen-bond acceptors (Lipinski definition) is 0. The number of rotatable bonds is 7. The van der Waals surface area contributed by atoms with Crippen molar-refractivity contribution in [3.63, 3.8) is 0 Å². The van der Waals surface area contributed by atoms with Crippen molar-refractivity contribution in [1.82, 2.24) is 13.5 Å². The minimum absolute atomic E-state index is 0.391. The summed E-state index contributed by atoms with van der Waals surface area (Å²) in [6.07, 6.45) is 0. The van der Waals surface area contributed by atoms with Crippen molar-refractivity contribution < 1.29 is 0 Å². The van der Waals surface area contributed by atoms with Gasteiger partial charge in [0.1, 0.15) is 0 Å². The monoisotopic (exact) mass is 881 g/mol. The number of fused-ring (bicyclic) bond motifs is 14. The van der Waals surface area contributed by atoms with Crippen LogP contribution in [0, 0.1) is 0 Å². The van der Waals surface area contributed by atoms with E-state index in [4.69, 9.17) is 0 Å². The van der Waals surface area contributed by atoms with Crippen LogP contribution in [0.2, 0.25) is 0 Å². The normalized spacial score (nSPS) is 12.9.